The molecule has 2 N–H and O–H groups in total. The number of aryl methyl sites for hydroxylation is 2. The Morgan fingerprint density at radius 1 is 1.19 bits per heavy atom. The van der Waals surface area contributed by atoms with Gasteiger partial charge in [0, 0.05) is 12.3 Å². The van der Waals surface area contributed by atoms with Gasteiger partial charge in [-0.05, 0) is 69.0 Å². The second-order valence-corrected chi connectivity index (χ2v) is 8.12. The first-order chi connectivity index (χ1) is 14.9. The minimum Gasteiger partial charge on any atom is -0.368 e. The monoisotopic (exact) mass is 420 g/mol. The van der Waals surface area contributed by atoms with Gasteiger partial charge in [0.1, 0.15) is 18.5 Å². The molecule has 7 nitrogen and oxygen atoms in total. The summed E-state index contributed by atoms with van der Waals surface area (Å²) >= 11 is 0. The molecule has 0 saturated carbocycles. The maximum atomic E-state index is 12.9. The number of anilines is 1. The summed E-state index contributed by atoms with van der Waals surface area (Å²) in [4.78, 5) is 30.1. The van der Waals surface area contributed by atoms with E-state index in [4.69, 9.17) is 9.72 Å². The smallest absolute Gasteiger partial charge is 0.249 e. The molecule has 0 aliphatic carbocycles. The number of imidazole rings is 1. The molecule has 2 amide bonds. The first-order valence-electron chi connectivity index (χ1n) is 10.7. The van der Waals surface area contributed by atoms with Crippen LogP contribution >= 0.6 is 0 Å². The largest absolute Gasteiger partial charge is 0.368 e. The van der Waals surface area contributed by atoms with E-state index in [1.54, 1.807) is 0 Å². The van der Waals surface area contributed by atoms with Crippen molar-refractivity contribution in [2.24, 2.45) is 0 Å². The van der Waals surface area contributed by atoms with Crippen molar-refractivity contribution in [2.45, 2.75) is 52.3 Å². The zero-order valence-corrected chi connectivity index (χ0v) is 18.1. The van der Waals surface area contributed by atoms with Gasteiger partial charge in [-0.2, -0.15) is 0 Å². The van der Waals surface area contributed by atoms with Crippen LogP contribution in [0.2, 0.25) is 0 Å². The van der Waals surface area contributed by atoms with E-state index in [0.29, 0.717) is 12.4 Å². The average molecular weight is 421 g/mol. The normalized spacial score (nSPS) is 16.9. The molecule has 1 saturated heterocycles. The number of hydrogen-bond acceptors (Lipinski definition) is 4. The summed E-state index contributed by atoms with van der Waals surface area (Å²) in [7, 11) is 0. The molecule has 1 aliphatic heterocycles. The summed E-state index contributed by atoms with van der Waals surface area (Å²) < 4.78 is 7.35. The van der Waals surface area contributed by atoms with Crippen LogP contribution in [0.25, 0.3) is 11.0 Å². The van der Waals surface area contributed by atoms with Gasteiger partial charge >= 0.3 is 0 Å². The topological polar surface area (TPSA) is 85.2 Å². The number of amides is 2. The molecule has 1 aromatic heterocycles. The number of rotatable bonds is 6. The fourth-order valence-corrected chi connectivity index (χ4v) is 3.91. The molecule has 0 bridgehead atoms. The van der Waals surface area contributed by atoms with Gasteiger partial charge in [0.05, 0.1) is 17.1 Å². The van der Waals surface area contributed by atoms with E-state index in [0.717, 1.165) is 35.1 Å². The van der Waals surface area contributed by atoms with Crippen molar-refractivity contribution < 1.29 is 14.3 Å². The van der Waals surface area contributed by atoms with Crippen molar-refractivity contribution in [3.8, 4) is 0 Å². The number of carbonyl (C=O) groups is 2. The lowest BCUT2D eigenvalue weighted by Gasteiger charge is -2.18. The van der Waals surface area contributed by atoms with Crippen LogP contribution in [0, 0.1) is 13.8 Å². The number of para-hydroxylation sites is 2. The molecule has 1 fully saturated rings. The van der Waals surface area contributed by atoms with E-state index in [1.165, 1.54) is 5.56 Å². The maximum absolute atomic E-state index is 12.9. The summed E-state index contributed by atoms with van der Waals surface area (Å²) in [6.07, 6.45) is 1.21. The summed E-state index contributed by atoms with van der Waals surface area (Å²) in [6.45, 7) is 6.65. The predicted molar refractivity (Wildman–Crippen MR) is 120 cm³/mol. The average Bonchev–Trinajstić information content (AvgIpc) is 3.40. The van der Waals surface area contributed by atoms with E-state index < -0.39 is 6.10 Å². The van der Waals surface area contributed by atoms with E-state index in [-0.39, 0.29) is 24.4 Å². The van der Waals surface area contributed by atoms with Crippen LogP contribution in [0.15, 0.2) is 42.5 Å². The fourth-order valence-electron chi connectivity index (χ4n) is 3.91. The third kappa shape index (κ3) is 4.61. The molecule has 162 valence electrons. The number of hydrogen-bond donors (Lipinski definition) is 2. The van der Waals surface area contributed by atoms with E-state index in [1.807, 2.05) is 67.8 Å². The quantitative estimate of drug-likeness (QED) is 0.637. The Kier molecular flexibility index (Phi) is 6.04. The molecule has 2 aromatic carbocycles. The first-order valence-corrected chi connectivity index (χ1v) is 10.7. The Labute approximate surface area is 181 Å². The Hall–Kier alpha value is -3.19. The van der Waals surface area contributed by atoms with Crippen molar-refractivity contribution in [2.75, 3.05) is 11.9 Å². The highest BCUT2D eigenvalue weighted by molar-refractivity contribution is 5.92. The minimum atomic E-state index is -0.409. The Morgan fingerprint density at radius 3 is 2.74 bits per heavy atom. The summed E-state index contributed by atoms with van der Waals surface area (Å²) in [6, 6.07) is 13.2. The number of carbonyl (C=O) groups excluding carboxylic acids is 2. The van der Waals surface area contributed by atoms with Gasteiger partial charge < -0.3 is 19.9 Å². The SMILES string of the molecule is Cc1ccc(NC(=O)Cn2c(C(C)NC(=O)C3CCCO3)nc3ccccc32)cc1C. The fraction of sp³-hybridized carbons (Fsp3) is 0.375. The molecule has 7 heteroatoms. The van der Waals surface area contributed by atoms with Gasteiger partial charge in [0.2, 0.25) is 11.8 Å². The predicted octanol–water partition coefficient (Wildman–Crippen LogP) is 3.65. The lowest BCUT2D eigenvalue weighted by molar-refractivity contribution is -0.130. The molecule has 0 spiro atoms. The summed E-state index contributed by atoms with van der Waals surface area (Å²) in [5.74, 6) is 0.358. The zero-order chi connectivity index (χ0) is 22.0. The molecule has 1 aliphatic rings. The van der Waals surface area contributed by atoms with Crippen molar-refractivity contribution >= 4 is 28.5 Å². The number of benzene rings is 2. The lowest BCUT2D eigenvalue weighted by Crippen LogP contribution is -2.37. The number of nitrogens with zero attached hydrogens (tertiary/aromatic N) is 2. The van der Waals surface area contributed by atoms with Crippen molar-refractivity contribution in [3.05, 3.63) is 59.4 Å². The van der Waals surface area contributed by atoms with Gasteiger partial charge in [0.25, 0.3) is 0 Å². The number of fused-ring (bicyclic) bond motifs is 1. The van der Waals surface area contributed by atoms with Crippen LogP contribution in [0.3, 0.4) is 0 Å². The molecule has 2 heterocycles. The van der Waals surface area contributed by atoms with E-state index in [2.05, 4.69) is 10.6 Å². The van der Waals surface area contributed by atoms with E-state index >= 15 is 0 Å². The third-order valence-electron chi connectivity index (χ3n) is 5.74. The highest BCUT2D eigenvalue weighted by Gasteiger charge is 2.27. The van der Waals surface area contributed by atoms with Crippen LogP contribution in [-0.4, -0.2) is 34.1 Å². The molecule has 31 heavy (non-hydrogen) atoms. The standard InChI is InChI=1S/C24H28N4O3/c1-15-10-11-18(13-16(15)2)26-22(29)14-28-20-8-5-4-7-19(20)27-23(28)17(3)25-24(30)21-9-6-12-31-21/h4-5,7-8,10-11,13,17,21H,6,9,12,14H2,1-3H3,(H,25,30)(H,26,29). The Morgan fingerprint density at radius 2 is 2.00 bits per heavy atom. The van der Waals surface area contributed by atoms with Crippen LogP contribution in [0.4, 0.5) is 5.69 Å². The second kappa shape index (κ2) is 8.89. The number of aromatic nitrogens is 2. The van der Waals surface area contributed by atoms with Crippen LogP contribution in [0.5, 0.6) is 0 Å². The molecule has 2 atom stereocenters. The van der Waals surface area contributed by atoms with Gasteiger partial charge in [-0.25, -0.2) is 4.98 Å². The van der Waals surface area contributed by atoms with E-state index in [9.17, 15) is 9.59 Å². The Balaban J connectivity index is 1.56. The number of ether oxygens (including phenoxy) is 1. The summed E-state index contributed by atoms with van der Waals surface area (Å²) in [5.41, 5.74) is 4.70. The zero-order valence-electron chi connectivity index (χ0n) is 18.1. The van der Waals surface area contributed by atoms with Crippen LogP contribution < -0.4 is 10.6 Å². The maximum Gasteiger partial charge on any atom is 0.249 e. The van der Waals surface area contributed by atoms with Gasteiger partial charge in [-0.1, -0.05) is 18.2 Å². The number of nitrogens with one attached hydrogen (secondary N) is 2. The third-order valence-corrected chi connectivity index (χ3v) is 5.74. The van der Waals surface area contributed by atoms with Gasteiger partial charge in [-0.15, -0.1) is 0 Å². The van der Waals surface area contributed by atoms with Crippen LogP contribution in [-0.2, 0) is 20.9 Å². The second-order valence-electron chi connectivity index (χ2n) is 8.12. The van der Waals surface area contributed by atoms with Crippen molar-refractivity contribution in [3.63, 3.8) is 0 Å². The van der Waals surface area contributed by atoms with Crippen LogP contribution in [0.1, 0.15) is 42.8 Å². The first kappa shape index (κ1) is 21.1. The molecular weight excluding hydrogens is 392 g/mol. The molecule has 2 unspecified atom stereocenters. The van der Waals surface area contributed by atoms with Crippen molar-refractivity contribution in [1.82, 2.24) is 14.9 Å². The molecule has 4 rings (SSSR count). The minimum absolute atomic E-state index is 0.100. The molecule has 3 aromatic rings. The van der Waals surface area contributed by atoms with Gasteiger partial charge in [-0.3, -0.25) is 9.59 Å². The van der Waals surface area contributed by atoms with Crippen molar-refractivity contribution in [1.29, 1.82) is 0 Å². The molecule has 0 radical (unpaired) electrons. The lowest BCUT2D eigenvalue weighted by atomic mass is 10.1. The highest BCUT2D eigenvalue weighted by atomic mass is 16.5. The Bertz CT molecular complexity index is 1120. The molecular formula is C24H28N4O3. The highest BCUT2D eigenvalue weighted by Crippen LogP contribution is 2.22. The summed E-state index contributed by atoms with van der Waals surface area (Å²) in [5, 5.41) is 5.97. The van der Waals surface area contributed by atoms with Gasteiger partial charge in [0.15, 0.2) is 0 Å².